The molecule has 8 heteroatoms. The van der Waals surface area contributed by atoms with E-state index in [0.717, 1.165) is 53.1 Å². The van der Waals surface area contributed by atoms with Crippen LogP contribution in [0.3, 0.4) is 0 Å². The molecule has 0 spiro atoms. The molecule has 0 N–H and O–H groups in total. The topological polar surface area (TPSA) is 104 Å². The fourth-order valence-corrected chi connectivity index (χ4v) is 6.11. The van der Waals surface area contributed by atoms with E-state index in [1.807, 2.05) is 42.5 Å². The monoisotopic (exact) mass is 594 g/mol. The Balaban J connectivity index is 1.47. The lowest BCUT2D eigenvalue weighted by Gasteiger charge is -2.13. The van der Waals surface area contributed by atoms with Crippen LogP contribution in [0.25, 0.3) is 21.8 Å². The molecular weight excluding hydrogens is 556 g/mol. The van der Waals surface area contributed by atoms with Crippen LogP contribution in [0.15, 0.2) is 71.9 Å². The third kappa shape index (κ3) is 6.96. The van der Waals surface area contributed by atoms with Crippen LogP contribution in [0.5, 0.6) is 0 Å². The number of benzene rings is 3. The van der Waals surface area contributed by atoms with Crippen molar-refractivity contribution in [3.05, 3.63) is 83.4 Å². The summed E-state index contributed by atoms with van der Waals surface area (Å²) in [6.45, 7) is 2.77. The molecule has 8 nitrogen and oxygen atoms in total. The van der Waals surface area contributed by atoms with E-state index in [2.05, 4.69) is 16.6 Å². The van der Waals surface area contributed by atoms with Gasteiger partial charge in [0.2, 0.25) is 5.78 Å². The number of Topliss-reactive ketones (excluding diaryl/α,β-unsaturated/α-hetero) is 2. The van der Waals surface area contributed by atoms with E-state index in [0.29, 0.717) is 17.7 Å². The van der Waals surface area contributed by atoms with E-state index in [-0.39, 0.29) is 36.7 Å². The first-order chi connectivity index (χ1) is 21.4. The van der Waals surface area contributed by atoms with Gasteiger partial charge in [0, 0.05) is 51.8 Å². The summed E-state index contributed by atoms with van der Waals surface area (Å²) in [7, 11) is 1.27. The number of oxime groups is 1. The smallest absolute Gasteiger partial charge is 0.339 e. The van der Waals surface area contributed by atoms with Crippen LogP contribution >= 0.6 is 0 Å². The van der Waals surface area contributed by atoms with E-state index < -0.39 is 17.7 Å². The fraction of sp³-hybridized carbons (Fsp3) is 0.361. The highest BCUT2D eigenvalue weighted by atomic mass is 16.7. The zero-order valence-corrected chi connectivity index (χ0v) is 25.3. The predicted molar refractivity (Wildman–Crippen MR) is 170 cm³/mol. The van der Waals surface area contributed by atoms with Crippen molar-refractivity contribution in [3.8, 4) is 0 Å². The second kappa shape index (κ2) is 14.3. The number of nitrogens with zero attached hydrogens (tertiary/aromatic N) is 2. The number of methoxy groups -OCH3 is 1. The number of hydrogen-bond donors (Lipinski definition) is 0. The van der Waals surface area contributed by atoms with Crippen molar-refractivity contribution in [2.45, 2.75) is 71.3 Å². The number of aryl methyl sites for hydroxylation is 1. The maximum absolute atomic E-state index is 13.8. The quantitative estimate of drug-likeness (QED) is 0.0453. The van der Waals surface area contributed by atoms with E-state index in [1.54, 1.807) is 24.3 Å². The van der Waals surface area contributed by atoms with Gasteiger partial charge in [0.15, 0.2) is 5.78 Å². The zero-order valence-electron chi connectivity index (χ0n) is 25.3. The summed E-state index contributed by atoms with van der Waals surface area (Å²) in [5.74, 6) is -1.34. The van der Waals surface area contributed by atoms with Crippen LogP contribution < -0.4 is 0 Å². The average molecular weight is 595 g/mol. The van der Waals surface area contributed by atoms with E-state index in [4.69, 9.17) is 9.57 Å². The van der Waals surface area contributed by atoms with Gasteiger partial charge in [0.1, 0.15) is 5.71 Å². The molecule has 1 aliphatic carbocycles. The Morgan fingerprint density at radius 1 is 0.795 bits per heavy atom. The number of ether oxygens (including phenoxy) is 1. The molecule has 0 saturated heterocycles. The lowest BCUT2D eigenvalue weighted by molar-refractivity contribution is -0.142. The Morgan fingerprint density at radius 2 is 1.43 bits per heavy atom. The molecule has 1 heterocycles. The van der Waals surface area contributed by atoms with Gasteiger partial charge in [-0.2, -0.15) is 0 Å². The third-order valence-electron chi connectivity index (χ3n) is 8.46. The van der Waals surface area contributed by atoms with Gasteiger partial charge in [-0.05, 0) is 61.7 Å². The molecular formula is C36H38N2O6. The number of rotatable bonds is 11. The number of ketones is 2. The van der Waals surface area contributed by atoms with Crippen LogP contribution in [-0.2, 0) is 32.1 Å². The summed E-state index contributed by atoms with van der Waals surface area (Å²) in [5.41, 5.74) is 3.67. The largest absolute Gasteiger partial charge is 0.469 e. The van der Waals surface area contributed by atoms with Crippen LogP contribution in [0.2, 0.25) is 0 Å². The molecule has 0 radical (unpaired) electrons. The van der Waals surface area contributed by atoms with Crippen molar-refractivity contribution in [1.29, 1.82) is 0 Å². The third-order valence-corrected chi connectivity index (χ3v) is 8.46. The van der Waals surface area contributed by atoms with E-state index >= 15 is 0 Å². The molecule has 1 saturated carbocycles. The Labute approximate surface area is 257 Å². The van der Waals surface area contributed by atoms with Gasteiger partial charge < -0.3 is 14.1 Å². The van der Waals surface area contributed by atoms with Gasteiger partial charge >= 0.3 is 11.9 Å². The van der Waals surface area contributed by atoms with Gasteiger partial charge in [0.25, 0.3) is 0 Å². The molecule has 0 bridgehead atoms. The van der Waals surface area contributed by atoms with Crippen LogP contribution in [0, 0.1) is 5.92 Å². The van der Waals surface area contributed by atoms with Crippen LogP contribution in [0.1, 0.15) is 84.6 Å². The summed E-state index contributed by atoms with van der Waals surface area (Å²) in [4.78, 5) is 56.8. The minimum absolute atomic E-state index is 0.00674. The highest BCUT2D eigenvalue weighted by Crippen LogP contribution is 2.33. The molecule has 1 aromatic heterocycles. The molecule has 228 valence electrons. The molecule has 0 atom stereocenters. The summed E-state index contributed by atoms with van der Waals surface area (Å²) in [5, 5.41) is 5.67. The van der Waals surface area contributed by atoms with Crippen LogP contribution in [-0.4, -0.2) is 40.9 Å². The van der Waals surface area contributed by atoms with Gasteiger partial charge in [-0.25, -0.2) is 4.79 Å². The van der Waals surface area contributed by atoms with Crippen molar-refractivity contribution in [1.82, 2.24) is 4.57 Å². The predicted octanol–water partition coefficient (Wildman–Crippen LogP) is 7.25. The Bertz CT molecular complexity index is 1710. The van der Waals surface area contributed by atoms with E-state index in [9.17, 15) is 19.2 Å². The zero-order chi connectivity index (χ0) is 31.1. The Kier molecular flexibility index (Phi) is 10.00. The highest BCUT2D eigenvalue weighted by Gasteiger charge is 2.24. The molecule has 0 unspecified atom stereocenters. The van der Waals surface area contributed by atoms with Crippen molar-refractivity contribution in [2.75, 3.05) is 7.11 Å². The summed E-state index contributed by atoms with van der Waals surface area (Å²) < 4.78 is 6.91. The number of carbonyl (C=O) groups excluding carboxylic acids is 4. The maximum Gasteiger partial charge on any atom is 0.339 e. The highest BCUT2D eigenvalue weighted by molar-refractivity contribution is 6.46. The number of carbonyl (C=O) groups is 4. The Morgan fingerprint density at radius 3 is 2.07 bits per heavy atom. The lowest BCUT2D eigenvalue weighted by Crippen LogP contribution is -2.18. The Hall–Kier alpha value is -4.59. The van der Waals surface area contributed by atoms with Crippen molar-refractivity contribution < 1.29 is 28.8 Å². The number of fused-ring (bicyclic) bond motifs is 3. The normalized spacial score (nSPS) is 14.4. The molecule has 4 aromatic rings. The van der Waals surface area contributed by atoms with E-state index in [1.165, 1.54) is 20.0 Å². The summed E-state index contributed by atoms with van der Waals surface area (Å²) >= 11 is 0. The van der Waals surface area contributed by atoms with Gasteiger partial charge in [-0.3, -0.25) is 14.4 Å². The first-order valence-electron chi connectivity index (χ1n) is 15.4. The molecule has 0 amide bonds. The second-order valence-electron chi connectivity index (χ2n) is 11.3. The molecule has 0 aliphatic heterocycles. The summed E-state index contributed by atoms with van der Waals surface area (Å²) in [6.07, 6.45) is 6.22. The molecule has 3 aromatic carbocycles. The standard InChI is InChI=1S/C36H38N2O6/c1-3-38-31-18-15-26(35(41)25-13-9-4-5-10-14-25)22-28(31)29-23-27(16-19-32(29)38)36(42)30(17-20-33(39)43-2)37-44-34(40)21-24-11-7-6-8-12-24/h6-8,11-12,15-16,18-19,22-23,25H,3-5,9-10,13-14,17,20-21H2,1-2H3/b37-30-. The van der Waals surface area contributed by atoms with Crippen LogP contribution in [0.4, 0.5) is 0 Å². The molecule has 1 aliphatic rings. The first kappa shape index (κ1) is 30.9. The number of esters is 1. The van der Waals surface area contributed by atoms with Gasteiger partial charge in [-0.15, -0.1) is 0 Å². The number of aromatic nitrogens is 1. The first-order valence-corrected chi connectivity index (χ1v) is 15.4. The van der Waals surface area contributed by atoms with Crippen molar-refractivity contribution in [3.63, 3.8) is 0 Å². The lowest BCUT2D eigenvalue weighted by atomic mass is 9.90. The SMILES string of the molecule is CCn1c2ccc(C(=O)/C(CCC(=O)OC)=N\OC(=O)Cc3ccccc3)cc2c2cc(C(=O)C3CCCCCC3)ccc21. The minimum atomic E-state index is -0.619. The fourth-order valence-electron chi connectivity index (χ4n) is 6.11. The maximum atomic E-state index is 13.8. The molecule has 1 fully saturated rings. The summed E-state index contributed by atoms with van der Waals surface area (Å²) in [6, 6.07) is 20.4. The van der Waals surface area contributed by atoms with Crippen molar-refractivity contribution >= 4 is 51.0 Å². The minimum Gasteiger partial charge on any atom is -0.469 e. The molecule has 44 heavy (non-hydrogen) atoms. The second-order valence-corrected chi connectivity index (χ2v) is 11.3. The van der Waals surface area contributed by atoms with Crippen molar-refractivity contribution in [2.24, 2.45) is 11.1 Å². The average Bonchev–Trinajstić information content (AvgIpc) is 3.16. The van der Waals surface area contributed by atoms with Gasteiger partial charge in [0.05, 0.1) is 20.0 Å². The number of hydrogen-bond acceptors (Lipinski definition) is 7. The molecule has 5 rings (SSSR count). The van der Waals surface area contributed by atoms with Gasteiger partial charge in [-0.1, -0.05) is 61.2 Å².